The van der Waals surface area contributed by atoms with E-state index in [0.29, 0.717) is 25.3 Å². The quantitative estimate of drug-likeness (QED) is 0.780. The SMILES string of the molecule is COCc1ccc(CNC(=O)CCNC(=O)c2ccsc2)cc1. The molecule has 0 saturated heterocycles. The van der Waals surface area contributed by atoms with Gasteiger partial charge in [-0.3, -0.25) is 9.59 Å². The van der Waals surface area contributed by atoms with Gasteiger partial charge in [0.2, 0.25) is 5.91 Å². The number of benzene rings is 1. The van der Waals surface area contributed by atoms with Crippen LogP contribution in [0.1, 0.15) is 27.9 Å². The molecule has 2 amide bonds. The molecule has 2 N–H and O–H groups in total. The summed E-state index contributed by atoms with van der Waals surface area (Å²) in [5, 5.41) is 9.20. The van der Waals surface area contributed by atoms with Crippen LogP contribution in [0.5, 0.6) is 0 Å². The molecule has 0 aliphatic carbocycles. The molecule has 122 valence electrons. The summed E-state index contributed by atoms with van der Waals surface area (Å²) in [5.74, 6) is -0.232. The van der Waals surface area contributed by atoms with Crippen molar-refractivity contribution in [1.29, 1.82) is 0 Å². The fourth-order valence-electron chi connectivity index (χ4n) is 1.99. The van der Waals surface area contributed by atoms with E-state index in [1.165, 1.54) is 11.3 Å². The van der Waals surface area contributed by atoms with Gasteiger partial charge in [0, 0.05) is 37.6 Å². The van der Waals surface area contributed by atoms with E-state index in [1.54, 1.807) is 18.6 Å². The van der Waals surface area contributed by atoms with Gasteiger partial charge < -0.3 is 15.4 Å². The third kappa shape index (κ3) is 5.84. The molecule has 23 heavy (non-hydrogen) atoms. The van der Waals surface area contributed by atoms with Gasteiger partial charge >= 0.3 is 0 Å². The van der Waals surface area contributed by atoms with Crippen molar-refractivity contribution in [2.24, 2.45) is 0 Å². The Hall–Kier alpha value is -2.18. The third-order valence-electron chi connectivity index (χ3n) is 3.24. The summed E-state index contributed by atoms with van der Waals surface area (Å²) in [7, 11) is 1.66. The van der Waals surface area contributed by atoms with Crippen LogP contribution in [0.3, 0.4) is 0 Å². The lowest BCUT2D eigenvalue weighted by Gasteiger charge is -2.07. The van der Waals surface area contributed by atoms with Crippen LogP contribution in [0.2, 0.25) is 0 Å². The monoisotopic (exact) mass is 332 g/mol. The molecule has 0 saturated carbocycles. The molecule has 0 unspecified atom stereocenters. The molecular weight excluding hydrogens is 312 g/mol. The van der Waals surface area contributed by atoms with E-state index in [2.05, 4.69) is 10.6 Å². The van der Waals surface area contributed by atoms with Gasteiger partial charge in [-0.05, 0) is 22.6 Å². The molecule has 0 aliphatic heterocycles. The number of carbonyl (C=O) groups excluding carboxylic acids is 2. The molecule has 0 spiro atoms. The molecule has 0 bridgehead atoms. The van der Waals surface area contributed by atoms with Crippen LogP contribution in [-0.2, 0) is 22.7 Å². The van der Waals surface area contributed by atoms with E-state index in [1.807, 2.05) is 29.6 Å². The highest BCUT2D eigenvalue weighted by Gasteiger charge is 2.06. The lowest BCUT2D eigenvalue weighted by Crippen LogP contribution is -2.30. The lowest BCUT2D eigenvalue weighted by molar-refractivity contribution is -0.121. The van der Waals surface area contributed by atoms with Crippen LogP contribution >= 0.6 is 11.3 Å². The number of thiophene rings is 1. The number of ether oxygens (including phenoxy) is 1. The second kappa shape index (κ2) is 9.07. The smallest absolute Gasteiger partial charge is 0.252 e. The van der Waals surface area contributed by atoms with Crippen molar-refractivity contribution in [3.63, 3.8) is 0 Å². The predicted molar refractivity (Wildman–Crippen MR) is 90.3 cm³/mol. The fourth-order valence-corrected chi connectivity index (χ4v) is 2.63. The highest BCUT2D eigenvalue weighted by atomic mass is 32.1. The number of rotatable bonds is 8. The average Bonchev–Trinajstić information content (AvgIpc) is 3.09. The minimum Gasteiger partial charge on any atom is -0.380 e. The third-order valence-corrected chi connectivity index (χ3v) is 3.93. The van der Waals surface area contributed by atoms with Crippen molar-refractivity contribution in [2.45, 2.75) is 19.6 Å². The van der Waals surface area contributed by atoms with Gasteiger partial charge in [-0.25, -0.2) is 0 Å². The maximum atomic E-state index is 11.8. The molecular formula is C17H20N2O3S. The van der Waals surface area contributed by atoms with Crippen LogP contribution in [-0.4, -0.2) is 25.5 Å². The van der Waals surface area contributed by atoms with Crippen molar-refractivity contribution in [2.75, 3.05) is 13.7 Å². The summed E-state index contributed by atoms with van der Waals surface area (Å²) in [6.07, 6.45) is 0.262. The van der Waals surface area contributed by atoms with Gasteiger partial charge in [0.15, 0.2) is 0 Å². The summed E-state index contributed by atoms with van der Waals surface area (Å²) in [6, 6.07) is 9.64. The van der Waals surface area contributed by atoms with Gasteiger partial charge in [0.05, 0.1) is 6.61 Å². The Kier molecular flexibility index (Phi) is 6.77. The first kappa shape index (κ1) is 17.2. The van der Waals surface area contributed by atoms with Gasteiger partial charge in [-0.1, -0.05) is 24.3 Å². The highest BCUT2D eigenvalue weighted by molar-refractivity contribution is 7.08. The highest BCUT2D eigenvalue weighted by Crippen LogP contribution is 2.06. The van der Waals surface area contributed by atoms with E-state index >= 15 is 0 Å². The Labute approximate surface area is 139 Å². The Balaban J connectivity index is 1.65. The first-order valence-corrected chi connectivity index (χ1v) is 8.27. The minimum atomic E-state index is -0.146. The predicted octanol–water partition coefficient (Wildman–Crippen LogP) is 2.33. The number of nitrogens with one attached hydrogen (secondary N) is 2. The maximum Gasteiger partial charge on any atom is 0.252 e. The molecule has 1 heterocycles. The molecule has 2 rings (SSSR count). The summed E-state index contributed by atoms with van der Waals surface area (Å²) in [5.41, 5.74) is 2.76. The van der Waals surface area contributed by atoms with Crippen LogP contribution in [0.15, 0.2) is 41.1 Å². The van der Waals surface area contributed by atoms with E-state index < -0.39 is 0 Å². The topological polar surface area (TPSA) is 67.4 Å². The average molecular weight is 332 g/mol. The van der Waals surface area contributed by atoms with Gasteiger partial charge in [-0.2, -0.15) is 11.3 Å². The van der Waals surface area contributed by atoms with Crippen LogP contribution < -0.4 is 10.6 Å². The molecule has 0 radical (unpaired) electrons. The van der Waals surface area contributed by atoms with Crippen molar-refractivity contribution < 1.29 is 14.3 Å². The minimum absolute atomic E-state index is 0.0865. The summed E-state index contributed by atoms with van der Waals surface area (Å²) in [6.45, 7) is 1.38. The molecule has 0 aliphatic rings. The first-order chi connectivity index (χ1) is 11.2. The number of methoxy groups -OCH3 is 1. The molecule has 2 aromatic rings. The number of amides is 2. The second-order valence-corrected chi connectivity index (χ2v) is 5.82. The van der Waals surface area contributed by atoms with Crippen molar-refractivity contribution in [3.8, 4) is 0 Å². The van der Waals surface area contributed by atoms with Crippen LogP contribution in [0, 0.1) is 0 Å². The van der Waals surface area contributed by atoms with E-state index in [4.69, 9.17) is 4.74 Å². The maximum absolute atomic E-state index is 11.8. The first-order valence-electron chi connectivity index (χ1n) is 7.33. The van der Waals surface area contributed by atoms with Crippen molar-refractivity contribution in [1.82, 2.24) is 10.6 Å². The normalized spacial score (nSPS) is 10.3. The van der Waals surface area contributed by atoms with E-state index in [-0.39, 0.29) is 18.2 Å². The van der Waals surface area contributed by atoms with E-state index in [0.717, 1.165) is 11.1 Å². The standard InChI is InChI=1S/C17H20N2O3S/c1-22-11-14-4-2-13(3-5-14)10-19-16(20)6-8-18-17(21)15-7-9-23-12-15/h2-5,7,9,12H,6,8,10-11H2,1H3,(H,18,21)(H,19,20). The Morgan fingerprint density at radius 2 is 1.83 bits per heavy atom. The molecule has 1 aromatic heterocycles. The van der Waals surface area contributed by atoms with Gasteiger partial charge in [0.25, 0.3) is 5.91 Å². The summed E-state index contributed by atoms with van der Waals surface area (Å²) < 4.78 is 5.05. The summed E-state index contributed by atoms with van der Waals surface area (Å²) in [4.78, 5) is 23.5. The largest absolute Gasteiger partial charge is 0.380 e. The Morgan fingerprint density at radius 3 is 2.48 bits per heavy atom. The number of carbonyl (C=O) groups is 2. The zero-order chi connectivity index (χ0) is 16.5. The lowest BCUT2D eigenvalue weighted by atomic mass is 10.1. The van der Waals surface area contributed by atoms with Crippen LogP contribution in [0.25, 0.3) is 0 Å². The molecule has 6 heteroatoms. The summed E-state index contributed by atoms with van der Waals surface area (Å²) >= 11 is 1.47. The molecule has 5 nitrogen and oxygen atoms in total. The Bertz CT molecular complexity index is 624. The van der Waals surface area contributed by atoms with Gasteiger partial charge in [-0.15, -0.1) is 0 Å². The molecule has 0 atom stereocenters. The van der Waals surface area contributed by atoms with Crippen LogP contribution in [0.4, 0.5) is 0 Å². The Morgan fingerprint density at radius 1 is 1.09 bits per heavy atom. The zero-order valence-electron chi connectivity index (χ0n) is 13.0. The van der Waals surface area contributed by atoms with E-state index in [9.17, 15) is 9.59 Å². The number of hydrogen-bond donors (Lipinski definition) is 2. The van der Waals surface area contributed by atoms with Crippen molar-refractivity contribution in [3.05, 3.63) is 57.8 Å². The van der Waals surface area contributed by atoms with Crippen molar-refractivity contribution >= 4 is 23.2 Å². The molecule has 0 fully saturated rings. The zero-order valence-corrected chi connectivity index (χ0v) is 13.8. The number of hydrogen-bond acceptors (Lipinski definition) is 4. The van der Waals surface area contributed by atoms with Gasteiger partial charge in [0.1, 0.15) is 0 Å². The fraction of sp³-hybridized carbons (Fsp3) is 0.294. The second-order valence-electron chi connectivity index (χ2n) is 5.04. The molecule has 1 aromatic carbocycles.